The van der Waals surface area contributed by atoms with Gasteiger partial charge in [0.2, 0.25) is 0 Å². The molecule has 0 fully saturated rings. The van der Waals surface area contributed by atoms with Crippen molar-refractivity contribution < 1.29 is 14.3 Å². The molecule has 0 aromatic heterocycles. The molecule has 0 aliphatic carbocycles. The van der Waals surface area contributed by atoms with Crippen molar-refractivity contribution in [1.82, 2.24) is 5.32 Å². The molecular formula is C15H20ClNO3. The third kappa shape index (κ3) is 4.12. The Bertz CT molecular complexity index is 476. The predicted octanol–water partition coefficient (Wildman–Crippen LogP) is 2.57. The van der Waals surface area contributed by atoms with Crippen molar-refractivity contribution in [1.29, 1.82) is 0 Å². The van der Waals surface area contributed by atoms with Gasteiger partial charge < -0.3 is 14.8 Å². The van der Waals surface area contributed by atoms with Crippen molar-refractivity contribution in [3.05, 3.63) is 28.8 Å². The molecule has 1 aromatic carbocycles. The van der Waals surface area contributed by atoms with Gasteiger partial charge in [-0.25, -0.2) is 0 Å². The average Bonchev–Trinajstić information content (AvgIpc) is 2.80. The number of carbonyl (C=O) groups excluding carboxylic acids is 1. The molecule has 5 heteroatoms. The Kier molecular flexibility index (Phi) is 5.26. The van der Waals surface area contributed by atoms with Crippen molar-refractivity contribution >= 4 is 17.5 Å². The van der Waals surface area contributed by atoms with Crippen LogP contribution in [0, 0.1) is 0 Å². The number of halogens is 1. The van der Waals surface area contributed by atoms with Crippen LogP contribution in [0.2, 0.25) is 5.02 Å². The minimum absolute atomic E-state index is 0.0816. The van der Waals surface area contributed by atoms with Gasteiger partial charge in [-0.2, -0.15) is 0 Å². The molecule has 110 valence electrons. The van der Waals surface area contributed by atoms with E-state index in [1.54, 1.807) is 12.1 Å². The lowest BCUT2D eigenvalue weighted by Crippen LogP contribution is -2.38. The molecule has 4 nitrogen and oxygen atoms in total. The van der Waals surface area contributed by atoms with Crippen molar-refractivity contribution in [3.8, 4) is 5.75 Å². The van der Waals surface area contributed by atoms with Gasteiger partial charge in [0.1, 0.15) is 5.75 Å². The Morgan fingerprint density at radius 1 is 1.55 bits per heavy atom. The van der Waals surface area contributed by atoms with Crippen LogP contribution in [0.5, 0.6) is 5.75 Å². The highest BCUT2D eigenvalue weighted by Crippen LogP contribution is 2.31. The second kappa shape index (κ2) is 6.95. The highest BCUT2D eigenvalue weighted by molar-refractivity contribution is 6.30. The van der Waals surface area contributed by atoms with Crippen LogP contribution in [-0.4, -0.2) is 31.3 Å². The Balaban J connectivity index is 1.73. The van der Waals surface area contributed by atoms with Crippen LogP contribution < -0.4 is 10.1 Å². The van der Waals surface area contributed by atoms with Gasteiger partial charge in [-0.3, -0.25) is 4.79 Å². The van der Waals surface area contributed by atoms with Crippen LogP contribution in [0.15, 0.2) is 18.2 Å². The average molecular weight is 298 g/mol. The van der Waals surface area contributed by atoms with Crippen LogP contribution in [0.4, 0.5) is 0 Å². The van der Waals surface area contributed by atoms with Crippen LogP contribution in [0.25, 0.3) is 0 Å². The Morgan fingerprint density at radius 3 is 3.10 bits per heavy atom. The van der Waals surface area contributed by atoms with Gasteiger partial charge in [0.15, 0.2) is 6.10 Å². The highest BCUT2D eigenvalue weighted by atomic mass is 35.5. The topological polar surface area (TPSA) is 47.6 Å². The van der Waals surface area contributed by atoms with E-state index in [9.17, 15) is 4.79 Å². The second-order valence-corrected chi connectivity index (χ2v) is 5.56. The van der Waals surface area contributed by atoms with E-state index < -0.39 is 6.10 Å². The van der Waals surface area contributed by atoms with E-state index in [-0.39, 0.29) is 12.0 Å². The van der Waals surface area contributed by atoms with Gasteiger partial charge >= 0.3 is 0 Å². The van der Waals surface area contributed by atoms with Crippen molar-refractivity contribution in [2.75, 3.05) is 13.2 Å². The maximum Gasteiger partial charge on any atom is 0.261 e. The summed E-state index contributed by atoms with van der Waals surface area (Å²) in [4.78, 5) is 12.0. The number of rotatable bonds is 6. The number of nitrogens with one attached hydrogen (secondary N) is 1. The van der Waals surface area contributed by atoms with Crippen molar-refractivity contribution in [3.63, 3.8) is 0 Å². The molecule has 1 N–H and O–H groups in total. The molecule has 0 saturated carbocycles. The number of hydrogen-bond donors (Lipinski definition) is 1. The van der Waals surface area contributed by atoms with Crippen LogP contribution in [-0.2, 0) is 16.0 Å². The number of benzene rings is 1. The van der Waals surface area contributed by atoms with E-state index in [4.69, 9.17) is 21.1 Å². The summed E-state index contributed by atoms with van der Waals surface area (Å²) in [5, 5.41) is 3.54. The first-order valence-corrected chi connectivity index (χ1v) is 7.28. The van der Waals surface area contributed by atoms with Gasteiger partial charge in [0.05, 0.1) is 6.10 Å². The van der Waals surface area contributed by atoms with Gasteiger partial charge in [-0.15, -0.1) is 0 Å². The predicted molar refractivity (Wildman–Crippen MR) is 78.3 cm³/mol. The number of fused-ring (bicyclic) bond motifs is 1. The molecule has 1 heterocycles. The van der Waals surface area contributed by atoms with Gasteiger partial charge in [-0.1, -0.05) is 11.6 Å². The molecule has 1 unspecified atom stereocenters. The zero-order chi connectivity index (χ0) is 14.5. The minimum atomic E-state index is -0.450. The van der Waals surface area contributed by atoms with E-state index >= 15 is 0 Å². The molecule has 0 saturated heterocycles. The lowest BCUT2D eigenvalue weighted by Gasteiger charge is -2.12. The summed E-state index contributed by atoms with van der Waals surface area (Å²) in [6, 6.07) is 5.42. The fourth-order valence-electron chi connectivity index (χ4n) is 2.08. The standard InChI is InChI=1S/C15H20ClNO3/c1-10(2)19-7-3-6-17-15(18)14-9-11-8-12(16)4-5-13(11)20-14/h4-5,8,10,14H,3,6-7,9H2,1-2H3,(H,17,18). The van der Waals surface area contributed by atoms with Crippen molar-refractivity contribution in [2.45, 2.75) is 38.9 Å². The van der Waals surface area contributed by atoms with Gasteiger partial charge in [0.25, 0.3) is 5.91 Å². The Labute approximate surface area is 124 Å². The largest absolute Gasteiger partial charge is 0.480 e. The molecule has 1 amide bonds. The number of ether oxygens (including phenoxy) is 2. The first-order chi connectivity index (χ1) is 9.56. The van der Waals surface area contributed by atoms with Crippen LogP contribution in [0.3, 0.4) is 0 Å². The Hall–Kier alpha value is -1.26. The molecular weight excluding hydrogens is 278 g/mol. The molecule has 20 heavy (non-hydrogen) atoms. The van der Waals surface area contributed by atoms with E-state index in [2.05, 4.69) is 5.32 Å². The zero-order valence-electron chi connectivity index (χ0n) is 11.8. The molecule has 1 aromatic rings. The zero-order valence-corrected chi connectivity index (χ0v) is 12.6. The third-order valence-corrected chi connectivity index (χ3v) is 3.30. The maximum absolute atomic E-state index is 12.0. The molecule has 1 atom stereocenters. The summed E-state index contributed by atoms with van der Waals surface area (Å²) < 4.78 is 11.0. The van der Waals surface area contributed by atoms with Crippen molar-refractivity contribution in [2.24, 2.45) is 0 Å². The highest BCUT2D eigenvalue weighted by Gasteiger charge is 2.28. The summed E-state index contributed by atoms with van der Waals surface area (Å²) in [6.45, 7) is 5.24. The summed E-state index contributed by atoms with van der Waals surface area (Å²) in [5.74, 6) is 0.666. The fourth-order valence-corrected chi connectivity index (χ4v) is 2.27. The number of hydrogen-bond acceptors (Lipinski definition) is 3. The monoisotopic (exact) mass is 297 g/mol. The van der Waals surface area contributed by atoms with Crippen LogP contribution in [0.1, 0.15) is 25.8 Å². The van der Waals surface area contributed by atoms with E-state index in [1.165, 1.54) is 0 Å². The molecule has 0 spiro atoms. The molecule has 1 aliphatic rings. The smallest absolute Gasteiger partial charge is 0.261 e. The fraction of sp³-hybridized carbons (Fsp3) is 0.533. The number of carbonyl (C=O) groups is 1. The summed E-state index contributed by atoms with van der Waals surface area (Å²) in [7, 11) is 0. The normalized spacial score (nSPS) is 16.9. The number of amides is 1. The molecule has 0 bridgehead atoms. The van der Waals surface area contributed by atoms with E-state index in [0.29, 0.717) is 24.6 Å². The molecule has 2 rings (SSSR count). The molecule has 0 radical (unpaired) electrons. The van der Waals surface area contributed by atoms with Gasteiger partial charge in [-0.05, 0) is 44.0 Å². The summed E-state index contributed by atoms with van der Waals surface area (Å²) in [6.07, 6.45) is 1.15. The quantitative estimate of drug-likeness (QED) is 0.821. The summed E-state index contributed by atoms with van der Waals surface area (Å²) >= 11 is 5.92. The first kappa shape index (κ1) is 15.1. The minimum Gasteiger partial charge on any atom is -0.480 e. The van der Waals surface area contributed by atoms with E-state index in [1.807, 2.05) is 19.9 Å². The van der Waals surface area contributed by atoms with E-state index in [0.717, 1.165) is 17.7 Å². The summed E-state index contributed by atoms with van der Waals surface area (Å²) in [5.41, 5.74) is 0.987. The lowest BCUT2D eigenvalue weighted by molar-refractivity contribution is -0.127. The lowest BCUT2D eigenvalue weighted by atomic mass is 10.1. The molecule has 1 aliphatic heterocycles. The first-order valence-electron chi connectivity index (χ1n) is 6.90. The second-order valence-electron chi connectivity index (χ2n) is 5.13. The van der Waals surface area contributed by atoms with Gasteiger partial charge in [0, 0.05) is 24.6 Å². The maximum atomic E-state index is 12.0. The third-order valence-electron chi connectivity index (χ3n) is 3.06. The van der Waals surface area contributed by atoms with Crippen LogP contribution >= 0.6 is 11.6 Å². The Morgan fingerprint density at radius 2 is 2.35 bits per heavy atom. The SMILES string of the molecule is CC(C)OCCCNC(=O)C1Cc2cc(Cl)ccc2O1.